The Morgan fingerprint density at radius 3 is 2.72 bits per heavy atom. The number of hydrogen-bond acceptors (Lipinski definition) is 2. The van der Waals surface area contributed by atoms with Gasteiger partial charge < -0.3 is 4.98 Å². The molecule has 1 aliphatic carbocycles. The predicted octanol–water partition coefficient (Wildman–Crippen LogP) is 2.41. The molecule has 0 saturated carbocycles. The zero-order valence-electron chi connectivity index (χ0n) is 11.2. The minimum Gasteiger partial charge on any atom is -0.326 e. The highest BCUT2D eigenvalue weighted by Crippen LogP contribution is 2.39. The Balaban J connectivity index is 2.00. The van der Waals surface area contributed by atoms with Gasteiger partial charge in [-0.25, -0.2) is 0 Å². The number of hydrogen-bond donors (Lipinski definition) is 1. The van der Waals surface area contributed by atoms with Crippen molar-refractivity contribution in [1.82, 2.24) is 9.88 Å². The van der Waals surface area contributed by atoms with Crippen LogP contribution in [0.1, 0.15) is 50.3 Å². The Labute approximate surface area is 108 Å². The number of pyridine rings is 1. The lowest BCUT2D eigenvalue weighted by Gasteiger charge is -2.46. The molecule has 3 rings (SSSR count). The number of aromatic nitrogens is 1. The summed E-state index contributed by atoms with van der Waals surface area (Å²) in [5.41, 5.74) is 2.70. The first-order valence-corrected chi connectivity index (χ1v) is 7.18. The monoisotopic (exact) mass is 246 g/mol. The molecule has 3 heteroatoms. The fraction of sp³-hybridized carbons (Fsp3) is 0.667. The van der Waals surface area contributed by atoms with E-state index in [1.54, 1.807) is 6.07 Å². The predicted molar refractivity (Wildman–Crippen MR) is 72.8 cm³/mol. The van der Waals surface area contributed by atoms with Gasteiger partial charge in [-0.05, 0) is 63.7 Å². The zero-order valence-corrected chi connectivity index (χ0v) is 11.2. The molecule has 2 aliphatic rings. The molecule has 1 atom stereocenters. The van der Waals surface area contributed by atoms with E-state index in [0.717, 1.165) is 6.42 Å². The minimum atomic E-state index is 0.0386. The van der Waals surface area contributed by atoms with Crippen molar-refractivity contribution in [3.8, 4) is 0 Å². The molecule has 1 fully saturated rings. The Morgan fingerprint density at radius 2 is 1.94 bits per heavy atom. The van der Waals surface area contributed by atoms with Gasteiger partial charge in [0.1, 0.15) is 0 Å². The van der Waals surface area contributed by atoms with Gasteiger partial charge in [0.15, 0.2) is 0 Å². The summed E-state index contributed by atoms with van der Waals surface area (Å²) in [5.74, 6) is 0. The first kappa shape index (κ1) is 12.0. The molecule has 1 unspecified atom stereocenters. The lowest BCUT2D eigenvalue weighted by atomic mass is 9.78. The summed E-state index contributed by atoms with van der Waals surface area (Å²) >= 11 is 0. The first-order chi connectivity index (χ1) is 8.70. The molecule has 0 aromatic carbocycles. The van der Waals surface area contributed by atoms with E-state index in [0.29, 0.717) is 0 Å². The van der Waals surface area contributed by atoms with Crippen LogP contribution in [0.3, 0.4) is 0 Å². The highest BCUT2D eigenvalue weighted by atomic mass is 16.1. The smallest absolute Gasteiger partial charge is 0.248 e. The van der Waals surface area contributed by atoms with Crippen molar-refractivity contribution in [3.63, 3.8) is 0 Å². The van der Waals surface area contributed by atoms with E-state index in [1.807, 2.05) is 0 Å². The molecule has 1 saturated heterocycles. The highest BCUT2D eigenvalue weighted by Gasteiger charge is 2.38. The van der Waals surface area contributed by atoms with Crippen LogP contribution in [0, 0.1) is 0 Å². The average Bonchev–Trinajstić information content (AvgIpc) is 2.40. The third kappa shape index (κ3) is 1.91. The molecule has 1 N–H and O–H groups in total. The summed E-state index contributed by atoms with van der Waals surface area (Å²) in [7, 11) is 0. The van der Waals surface area contributed by atoms with Gasteiger partial charge in [-0.3, -0.25) is 9.69 Å². The second-order valence-electron chi connectivity index (χ2n) is 5.89. The number of H-pyrrole nitrogens is 1. The van der Waals surface area contributed by atoms with Gasteiger partial charge in [-0.15, -0.1) is 0 Å². The van der Waals surface area contributed by atoms with E-state index in [4.69, 9.17) is 0 Å². The molecular weight excluding hydrogens is 224 g/mol. The maximum atomic E-state index is 11.5. The Morgan fingerprint density at radius 1 is 1.17 bits per heavy atom. The van der Waals surface area contributed by atoms with Gasteiger partial charge in [0.25, 0.3) is 0 Å². The quantitative estimate of drug-likeness (QED) is 0.826. The highest BCUT2D eigenvalue weighted by molar-refractivity contribution is 5.30. The Bertz CT molecular complexity index is 488. The average molecular weight is 246 g/mol. The van der Waals surface area contributed by atoms with Crippen molar-refractivity contribution in [1.29, 1.82) is 0 Å². The molecule has 3 nitrogen and oxygen atoms in total. The maximum absolute atomic E-state index is 11.5. The number of aromatic amines is 1. The molecule has 18 heavy (non-hydrogen) atoms. The molecule has 1 aliphatic heterocycles. The second-order valence-corrected chi connectivity index (χ2v) is 5.89. The van der Waals surface area contributed by atoms with Crippen LogP contribution in [0.4, 0.5) is 0 Å². The van der Waals surface area contributed by atoms with Gasteiger partial charge in [0.2, 0.25) is 5.56 Å². The van der Waals surface area contributed by atoms with Crippen LogP contribution in [0.25, 0.3) is 0 Å². The number of likely N-dealkylation sites (tertiary alicyclic amines) is 1. The Kier molecular flexibility index (Phi) is 3.02. The molecule has 0 spiro atoms. The first-order valence-electron chi connectivity index (χ1n) is 7.18. The van der Waals surface area contributed by atoms with Crippen molar-refractivity contribution < 1.29 is 0 Å². The summed E-state index contributed by atoms with van der Waals surface area (Å²) in [6.45, 7) is 4.76. The van der Waals surface area contributed by atoms with Crippen molar-refractivity contribution in [2.45, 2.75) is 51.0 Å². The fourth-order valence-corrected chi connectivity index (χ4v) is 3.68. The van der Waals surface area contributed by atoms with Gasteiger partial charge in [-0.1, -0.05) is 6.42 Å². The summed E-state index contributed by atoms with van der Waals surface area (Å²) in [4.78, 5) is 17.1. The topological polar surface area (TPSA) is 36.1 Å². The molecule has 1 aromatic rings. The fourth-order valence-electron chi connectivity index (χ4n) is 3.68. The Hall–Kier alpha value is -1.09. The van der Waals surface area contributed by atoms with Gasteiger partial charge in [-0.2, -0.15) is 0 Å². The summed E-state index contributed by atoms with van der Waals surface area (Å²) in [5, 5.41) is 0. The van der Waals surface area contributed by atoms with E-state index < -0.39 is 0 Å². The molecule has 98 valence electrons. The number of nitrogens with zero attached hydrogens (tertiary/aromatic N) is 1. The van der Waals surface area contributed by atoms with Crippen molar-refractivity contribution in [2.75, 3.05) is 13.1 Å². The van der Waals surface area contributed by atoms with Crippen LogP contribution < -0.4 is 5.56 Å². The number of aryl methyl sites for hydroxylation is 1. The van der Waals surface area contributed by atoms with Crippen LogP contribution in [0.2, 0.25) is 0 Å². The van der Waals surface area contributed by atoms with Crippen LogP contribution in [0.5, 0.6) is 0 Å². The third-order valence-corrected chi connectivity index (χ3v) is 4.73. The maximum Gasteiger partial charge on any atom is 0.248 e. The lowest BCUT2D eigenvalue weighted by molar-refractivity contribution is 0.0626. The molecule has 0 radical (unpaired) electrons. The van der Waals surface area contributed by atoms with E-state index in [2.05, 4.69) is 22.9 Å². The van der Waals surface area contributed by atoms with E-state index in [-0.39, 0.29) is 11.1 Å². The lowest BCUT2D eigenvalue weighted by Crippen LogP contribution is -2.48. The van der Waals surface area contributed by atoms with E-state index >= 15 is 0 Å². The van der Waals surface area contributed by atoms with Gasteiger partial charge >= 0.3 is 0 Å². The van der Waals surface area contributed by atoms with E-state index in [9.17, 15) is 4.79 Å². The number of rotatable bonds is 1. The molecule has 0 bridgehead atoms. The van der Waals surface area contributed by atoms with Crippen LogP contribution in [-0.4, -0.2) is 23.0 Å². The van der Waals surface area contributed by atoms with Crippen LogP contribution >= 0.6 is 0 Å². The van der Waals surface area contributed by atoms with Gasteiger partial charge in [0, 0.05) is 17.3 Å². The van der Waals surface area contributed by atoms with Crippen molar-refractivity contribution in [2.24, 2.45) is 0 Å². The normalized spacial score (nSPS) is 28.9. The summed E-state index contributed by atoms with van der Waals surface area (Å²) in [6, 6.07) is 3.74. The SMILES string of the molecule is CC1(N2CCCCC2)CCCc2[nH]c(=O)ccc21. The second kappa shape index (κ2) is 4.54. The number of fused-ring (bicyclic) bond motifs is 1. The third-order valence-electron chi connectivity index (χ3n) is 4.73. The molecule has 0 amide bonds. The van der Waals surface area contributed by atoms with Crippen LogP contribution in [0.15, 0.2) is 16.9 Å². The van der Waals surface area contributed by atoms with Crippen molar-refractivity contribution in [3.05, 3.63) is 33.7 Å². The molecular formula is C15H22N2O. The summed E-state index contributed by atoms with van der Waals surface area (Å²) in [6.07, 6.45) is 7.41. The van der Waals surface area contributed by atoms with Crippen molar-refractivity contribution >= 4 is 0 Å². The largest absolute Gasteiger partial charge is 0.326 e. The summed E-state index contributed by atoms with van der Waals surface area (Å²) < 4.78 is 0. The number of nitrogens with one attached hydrogen (secondary N) is 1. The van der Waals surface area contributed by atoms with Gasteiger partial charge in [0.05, 0.1) is 0 Å². The molecule has 1 aromatic heterocycles. The van der Waals surface area contributed by atoms with E-state index in [1.165, 1.54) is 56.5 Å². The minimum absolute atomic E-state index is 0.0386. The standard InChI is InChI=1S/C15H22N2O/c1-15(17-10-3-2-4-11-17)9-5-6-13-12(15)7-8-14(18)16-13/h7-8H,2-6,9-11H2,1H3,(H,16,18). The zero-order chi connectivity index (χ0) is 12.6. The van der Waals surface area contributed by atoms with Crippen LogP contribution in [-0.2, 0) is 12.0 Å². The molecule has 2 heterocycles. The number of piperidine rings is 1.